The van der Waals surface area contributed by atoms with E-state index < -0.39 is 11.7 Å². The number of hydrogen-bond acceptors (Lipinski definition) is 3. The molecule has 0 aliphatic carbocycles. The van der Waals surface area contributed by atoms with Crippen molar-refractivity contribution in [2.75, 3.05) is 11.9 Å². The van der Waals surface area contributed by atoms with Crippen molar-refractivity contribution < 1.29 is 9.53 Å². The van der Waals surface area contributed by atoms with Crippen LogP contribution in [0, 0.1) is 0 Å². The molecule has 0 bridgehead atoms. The maximum absolute atomic E-state index is 11.9. The van der Waals surface area contributed by atoms with Gasteiger partial charge in [-0.05, 0) is 51.8 Å². The standard InChI is InChI=1S/C16H24N2O2/c1-16(2,3)20-15(19)18-14-10-5-4-8-12(14)13-9-6-7-11-17-13/h4-5,8,10,13,17H,6-7,9,11H2,1-3H3,(H,18,19). The summed E-state index contributed by atoms with van der Waals surface area (Å²) < 4.78 is 5.31. The molecule has 1 aromatic carbocycles. The SMILES string of the molecule is CC(C)(C)OC(=O)Nc1ccccc1C1CCCCN1. The van der Waals surface area contributed by atoms with E-state index in [1.807, 2.05) is 39.0 Å². The molecule has 1 amide bonds. The molecule has 110 valence electrons. The molecule has 1 fully saturated rings. The summed E-state index contributed by atoms with van der Waals surface area (Å²) in [5.41, 5.74) is 1.49. The Hall–Kier alpha value is -1.55. The molecule has 0 radical (unpaired) electrons. The molecule has 4 heteroatoms. The second-order valence-electron chi connectivity index (χ2n) is 6.22. The lowest BCUT2D eigenvalue weighted by atomic mass is 9.96. The van der Waals surface area contributed by atoms with Crippen LogP contribution in [0.25, 0.3) is 0 Å². The van der Waals surface area contributed by atoms with Crippen molar-refractivity contribution in [1.82, 2.24) is 5.32 Å². The molecule has 0 saturated carbocycles. The molecular formula is C16H24N2O2. The number of para-hydroxylation sites is 1. The summed E-state index contributed by atoms with van der Waals surface area (Å²) in [5.74, 6) is 0. The van der Waals surface area contributed by atoms with Crippen molar-refractivity contribution in [2.24, 2.45) is 0 Å². The number of amides is 1. The maximum atomic E-state index is 11.9. The summed E-state index contributed by atoms with van der Waals surface area (Å²) in [6, 6.07) is 8.24. The third-order valence-electron chi connectivity index (χ3n) is 3.28. The van der Waals surface area contributed by atoms with Gasteiger partial charge in [0.25, 0.3) is 0 Å². The van der Waals surface area contributed by atoms with Crippen LogP contribution in [0.2, 0.25) is 0 Å². The van der Waals surface area contributed by atoms with E-state index in [2.05, 4.69) is 16.7 Å². The number of ether oxygens (including phenoxy) is 1. The zero-order valence-electron chi connectivity index (χ0n) is 12.5. The van der Waals surface area contributed by atoms with Gasteiger partial charge in [0.1, 0.15) is 5.60 Å². The Morgan fingerprint density at radius 1 is 1.30 bits per heavy atom. The lowest BCUT2D eigenvalue weighted by molar-refractivity contribution is 0.0635. The first kappa shape index (κ1) is 14.9. The molecule has 20 heavy (non-hydrogen) atoms. The lowest BCUT2D eigenvalue weighted by Crippen LogP contribution is -2.30. The number of carbonyl (C=O) groups excluding carboxylic acids is 1. The lowest BCUT2D eigenvalue weighted by Gasteiger charge is -2.26. The molecule has 2 N–H and O–H groups in total. The van der Waals surface area contributed by atoms with E-state index in [-0.39, 0.29) is 0 Å². The van der Waals surface area contributed by atoms with E-state index in [9.17, 15) is 4.79 Å². The normalized spacial score (nSPS) is 19.4. The third kappa shape index (κ3) is 4.23. The number of benzene rings is 1. The number of anilines is 1. The van der Waals surface area contributed by atoms with Crippen LogP contribution >= 0.6 is 0 Å². The number of hydrogen-bond donors (Lipinski definition) is 2. The molecule has 1 atom stereocenters. The quantitative estimate of drug-likeness (QED) is 0.862. The summed E-state index contributed by atoms with van der Waals surface area (Å²) in [6.45, 7) is 6.62. The highest BCUT2D eigenvalue weighted by molar-refractivity contribution is 5.86. The van der Waals surface area contributed by atoms with Crippen LogP contribution in [0.15, 0.2) is 24.3 Å². The zero-order chi connectivity index (χ0) is 14.6. The van der Waals surface area contributed by atoms with Gasteiger partial charge < -0.3 is 10.1 Å². The Morgan fingerprint density at radius 2 is 2.05 bits per heavy atom. The van der Waals surface area contributed by atoms with Crippen LogP contribution in [0.1, 0.15) is 51.6 Å². The van der Waals surface area contributed by atoms with E-state index >= 15 is 0 Å². The number of piperidine rings is 1. The molecule has 2 rings (SSSR count). The van der Waals surface area contributed by atoms with Crippen molar-refractivity contribution in [3.63, 3.8) is 0 Å². The third-order valence-corrected chi connectivity index (χ3v) is 3.28. The van der Waals surface area contributed by atoms with Crippen molar-refractivity contribution in [2.45, 2.75) is 51.7 Å². The minimum Gasteiger partial charge on any atom is -0.444 e. The van der Waals surface area contributed by atoms with E-state index in [1.54, 1.807) is 0 Å². The van der Waals surface area contributed by atoms with Crippen LogP contribution in [0.4, 0.5) is 10.5 Å². The summed E-state index contributed by atoms with van der Waals surface area (Å²) >= 11 is 0. The number of rotatable bonds is 2. The van der Waals surface area contributed by atoms with Gasteiger partial charge in [-0.25, -0.2) is 4.79 Å². The van der Waals surface area contributed by atoms with Gasteiger partial charge in [-0.15, -0.1) is 0 Å². The van der Waals surface area contributed by atoms with Gasteiger partial charge in [0.2, 0.25) is 0 Å². The molecule has 1 saturated heterocycles. The predicted octanol–water partition coefficient (Wildman–Crippen LogP) is 3.85. The minimum absolute atomic E-state index is 0.315. The van der Waals surface area contributed by atoms with Crippen molar-refractivity contribution in [3.05, 3.63) is 29.8 Å². The second-order valence-corrected chi connectivity index (χ2v) is 6.22. The number of nitrogens with one attached hydrogen (secondary N) is 2. The summed E-state index contributed by atoms with van der Waals surface area (Å²) in [4.78, 5) is 11.9. The fraction of sp³-hybridized carbons (Fsp3) is 0.562. The Kier molecular flexibility index (Phi) is 4.65. The van der Waals surface area contributed by atoms with Crippen LogP contribution in [-0.4, -0.2) is 18.2 Å². The second kappa shape index (κ2) is 6.27. The first-order chi connectivity index (χ1) is 9.46. The average Bonchev–Trinajstić information content (AvgIpc) is 2.38. The molecule has 1 heterocycles. The van der Waals surface area contributed by atoms with Crippen molar-refractivity contribution in [3.8, 4) is 0 Å². The van der Waals surface area contributed by atoms with Gasteiger partial charge in [-0.1, -0.05) is 24.6 Å². The first-order valence-electron chi connectivity index (χ1n) is 7.28. The highest BCUT2D eigenvalue weighted by atomic mass is 16.6. The molecule has 0 aromatic heterocycles. The van der Waals surface area contributed by atoms with Crippen LogP contribution in [0.3, 0.4) is 0 Å². The Bertz CT molecular complexity index is 460. The number of carbonyl (C=O) groups is 1. The molecule has 0 spiro atoms. The molecule has 1 aliphatic heterocycles. The van der Waals surface area contributed by atoms with E-state index in [0.29, 0.717) is 6.04 Å². The maximum Gasteiger partial charge on any atom is 0.412 e. The Balaban J connectivity index is 2.09. The van der Waals surface area contributed by atoms with Gasteiger partial charge in [0.05, 0.1) is 0 Å². The van der Waals surface area contributed by atoms with Crippen LogP contribution in [0.5, 0.6) is 0 Å². The summed E-state index contributed by atoms with van der Waals surface area (Å²) in [5, 5.41) is 6.37. The molecule has 1 aliphatic rings. The molecule has 1 aromatic rings. The van der Waals surface area contributed by atoms with Crippen molar-refractivity contribution >= 4 is 11.8 Å². The van der Waals surface area contributed by atoms with Gasteiger partial charge in [-0.3, -0.25) is 5.32 Å². The van der Waals surface area contributed by atoms with Gasteiger partial charge >= 0.3 is 6.09 Å². The van der Waals surface area contributed by atoms with Crippen molar-refractivity contribution in [1.29, 1.82) is 0 Å². The zero-order valence-corrected chi connectivity index (χ0v) is 12.5. The minimum atomic E-state index is -0.484. The van der Waals surface area contributed by atoms with Gasteiger partial charge in [-0.2, -0.15) is 0 Å². The van der Waals surface area contributed by atoms with E-state index in [4.69, 9.17) is 4.74 Å². The average molecular weight is 276 g/mol. The van der Waals surface area contributed by atoms with E-state index in [1.165, 1.54) is 12.8 Å². The smallest absolute Gasteiger partial charge is 0.412 e. The van der Waals surface area contributed by atoms with Crippen LogP contribution in [-0.2, 0) is 4.74 Å². The Labute approximate surface area is 120 Å². The monoisotopic (exact) mass is 276 g/mol. The fourth-order valence-corrected chi connectivity index (χ4v) is 2.45. The summed E-state index contributed by atoms with van der Waals surface area (Å²) in [7, 11) is 0. The summed E-state index contributed by atoms with van der Waals surface area (Å²) in [6.07, 6.45) is 3.14. The highest BCUT2D eigenvalue weighted by Crippen LogP contribution is 2.29. The van der Waals surface area contributed by atoms with Gasteiger partial charge in [0, 0.05) is 11.7 Å². The van der Waals surface area contributed by atoms with E-state index in [0.717, 1.165) is 24.2 Å². The Morgan fingerprint density at radius 3 is 2.70 bits per heavy atom. The van der Waals surface area contributed by atoms with Crippen LogP contribution < -0.4 is 10.6 Å². The molecule has 1 unspecified atom stereocenters. The largest absolute Gasteiger partial charge is 0.444 e. The molecule has 4 nitrogen and oxygen atoms in total. The fourth-order valence-electron chi connectivity index (χ4n) is 2.45. The predicted molar refractivity (Wildman–Crippen MR) is 80.9 cm³/mol. The van der Waals surface area contributed by atoms with Gasteiger partial charge in [0.15, 0.2) is 0 Å². The first-order valence-corrected chi connectivity index (χ1v) is 7.28. The highest BCUT2D eigenvalue weighted by Gasteiger charge is 2.20. The topological polar surface area (TPSA) is 50.4 Å². The molecular weight excluding hydrogens is 252 g/mol.